The van der Waals surface area contributed by atoms with E-state index in [1.54, 1.807) is 6.07 Å². The summed E-state index contributed by atoms with van der Waals surface area (Å²) in [5.74, 6) is 1.72. The maximum atomic E-state index is 10.7. The number of nitro groups is 1. The lowest BCUT2D eigenvalue weighted by molar-refractivity contribution is -0.384. The van der Waals surface area contributed by atoms with Gasteiger partial charge in [0, 0.05) is 17.4 Å². The van der Waals surface area contributed by atoms with E-state index < -0.39 is 4.92 Å². The van der Waals surface area contributed by atoms with Crippen molar-refractivity contribution in [2.75, 3.05) is 16.8 Å². The molecule has 0 radical (unpaired) electrons. The van der Waals surface area contributed by atoms with Gasteiger partial charge in [0.05, 0.1) is 4.92 Å². The van der Waals surface area contributed by atoms with Crippen LogP contribution in [0.1, 0.15) is 26.2 Å². The molecule has 0 spiro atoms. The Kier molecular flexibility index (Phi) is 4.47. The summed E-state index contributed by atoms with van der Waals surface area (Å²) in [6.07, 6.45) is 3.42. The van der Waals surface area contributed by atoms with Crippen LogP contribution in [0.2, 0.25) is 0 Å². The van der Waals surface area contributed by atoms with Crippen molar-refractivity contribution in [1.82, 2.24) is 4.98 Å². The summed E-state index contributed by atoms with van der Waals surface area (Å²) in [6.45, 7) is 2.17. The Morgan fingerprint density at radius 1 is 1.58 bits per heavy atom. The summed E-state index contributed by atoms with van der Waals surface area (Å²) in [6, 6.07) is 3.41. The molecule has 3 N–H and O–H groups in total. The van der Waals surface area contributed by atoms with Crippen LogP contribution >= 0.6 is 11.8 Å². The average Bonchev–Trinajstić information content (AvgIpc) is 2.76. The lowest BCUT2D eigenvalue weighted by Crippen LogP contribution is -2.17. The average molecular weight is 282 g/mol. The fraction of sp³-hybridized carbons (Fsp3) is 0.583. The minimum atomic E-state index is -0.518. The van der Waals surface area contributed by atoms with Crippen molar-refractivity contribution in [3.05, 3.63) is 22.2 Å². The van der Waals surface area contributed by atoms with Crippen molar-refractivity contribution in [3.8, 4) is 0 Å². The largest absolute Gasteiger partial charge is 0.378 e. The predicted molar refractivity (Wildman–Crippen MR) is 78.5 cm³/mol. The van der Waals surface area contributed by atoms with Gasteiger partial charge in [-0.3, -0.25) is 10.1 Å². The van der Waals surface area contributed by atoms with Crippen LogP contribution in [0.5, 0.6) is 0 Å². The first-order valence-corrected chi connectivity index (χ1v) is 7.44. The molecule has 0 aliphatic heterocycles. The molecular weight excluding hydrogens is 264 g/mol. The van der Waals surface area contributed by atoms with E-state index in [1.165, 1.54) is 12.5 Å². The monoisotopic (exact) mass is 282 g/mol. The van der Waals surface area contributed by atoms with Crippen LogP contribution in [0.15, 0.2) is 12.1 Å². The summed E-state index contributed by atoms with van der Waals surface area (Å²) in [7, 11) is 0. The van der Waals surface area contributed by atoms with Gasteiger partial charge in [0.25, 0.3) is 0 Å². The van der Waals surface area contributed by atoms with Gasteiger partial charge in [-0.05, 0) is 31.1 Å². The van der Waals surface area contributed by atoms with E-state index in [2.05, 4.69) is 17.2 Å². The number of pyridine rings is 1. The maximum Gasteiger partial charge on any atom is 0.311 e. The highest BCUT2D eigenvalue weighted by atomic mass is 32.2. The van der Waals surface area contributed by atoms with E-state index in [1.807, 2.05) is 11.8 Å². The second kappa shape index (κ2) is 6.10. The maximum absolute atomic E-state index is 10.7. The van der Waals surface area contributed by atoms with Gasteiger partial charge < -0.3 is 11.1 Å². The topological polar surface area (TPSA) is 94.1 Å². The standard InChI is InChI=1S/C12H18N4O2S/c1-2-19-9-4-3-8(7-9)14-11-6-5-10(16(17)18)12(13)15-11/h5-6,8-9H,2-4,7H2,1H3,(H3,13,14,15). The van der Waals surface area contributed by atoms with Crippen molar-refractivity contribution in [1.29, 1.82) is 0 Å². The molecule has 1 fully saturated rings. The third kappa shape index (κ3) is 3.50. The lowest BCUT2D eigenvalue weighted by atomic mass is 10.2. The number of hydrogen-bond acceptors (Lipinski definition) is 6. The quantitative estimate of drug-likeness (QED) is 0.637. The highest BCUT2D eigenvalue weighted by molar-refractivity contribution is 7.99. The molecule has 2 unspecified atom stereocenters. The first kappa shape index (κ1) is 13.9. The van der Waals surface area contributed by atoms with Crippen molar-refractivity contribution >= 4 is 29.1 Å². The second-order valence-electron chi connectivity index (χ2n) is 4.59. The Balaban J connectivity index is 1.97. The van der Waals surface area contributed by atoms with Gasteiger partial charge >= 0.3 is 5.69 Å². The zero-order valence-electron chi connectivity index (χ0n) is 10.8. The minimum absolute atomic E-state index is 0.0347. The summed E-state index contributed by atoms with van der Waals surface area (Å²) in [5, 5.41) is 14.7. The normalized spacial score (nSPS) is 22.4. The first-order chi connectivity index (χ1) is 9.10. The van der Waals surface area contributed by atoms with Gasteiger partial charge in [0.15, 0.2) is 0 Å². The number of nitrogen functional groups attached to an aromatic ring is 1. The van der Waals surface area contributed by atoms with Gasteiger partial charge in [0.1, 0.15) is 5.82 Å². The molecule has 19 heavy (non-hydrogen) atoms. The molecule has 6 nitrogen and oxygen atoms in total. The number of nitrogens with two attached hydrogens (primary N) is 1. The lowest BCUT2D eigenvalue weighted by Gasteiger charge is -2.13. The minimum Gasteiger partial charge on any atom is -0.378 e. The van der Waals surface area contributed by atoms with Crippen LogP contribution in [-0.2, 0) is 0 Å². The van der Waals surface area contributed by atoms with Gasteiger partial charge in [-0.15, -0.1) is 0 Å². The fourth-order valence-electron chi connectivity index (χ4n) is 2.37. The molecule has 1 aliphatic rings. The smallest absolute Gasteiger partial charge is 0.311 e. The number of hydrogen-bond donors (Lipinski definition) is 2. The zero-order chi connectivity index (χ0) is 13.8. The Bertz CT molecular complexity index is 469. The number of thioether (sulfide) groups is 1. The third-order valence-corrected chi connectivity index (χ3v) is 4.47. The molecule has 1 aromatic rings. The van der Waals surface area contributed by atoms with Crippen LogP contribution in [0.4, 0.5) is 17.3 Å². The van der Waals surface area contributed by atoms with E-state index >= 15 is 0 Å². The number of aromatic nitrogens is 1. The third-order valence-electron chi connectivity index (χ3n) is 3.24. The number of nitrogens with zero attached hydrogens (tertiary/aromatic N) is 2. The van der Waals surface area contributed by atoms with Crippen LogP contribution < -0.4 is 11.1 Å². The summed E-state index contributed by atoms with van der Waals surface area (Å²) in [5.41, 5.74) is 5.43. The molecule has 7 heteroatoms. The molecule has 0 saturated heterocycles. The Morgan fingerprint density at radius 2 is 2.37 bits per heavy atom. The summed E-state index contributed by atoms with van der Waals surface area (Å²) >= 11 is 1.99. The second-order valence-corrected chi connectivity index (χ2v) is 6.17. The molecule has 1 aliphatic carbocycles. The predicted octanol–water partition coefficient (Wildman–Crippen LogP) is 2.66. The number of anilines is 2. The van der Waals surface area contributed by atoms with E-state index in [-0.39, 0.29) is 11.5 Å². The zero-order valence-corrected chi connectivity index (χ0v) is 11.7. The van der Waals surface area contributed by atoms with Gasteiger partial charge in [-0.25, -0.2) is 4.98 Å². The number of rotatable bonds is 5. The molecule has 2 rings (SSSR count). The van der Waals surface area contributed by atoms with E-state index in [0.717, 1.165) is 18.6 Å². The SMILES string of the molecule is CCSC1CCC(Nc2ccc([N+](=O)[O-])c(N)n2)C1. The number of nitrogens with one attached hydrogen (secondary N) is 1. The van der Waals surface area contributed by atoms with Crippen molar-refractivity contribution in [3.63, 3.8) is 0 Å². The van der Waals surface area contributed by atoms with Crippen molar-refractivity contribution < 1.29 is 4.92 Å². The van der Waals surface area contributed by atoms with E-state index in [0.29, 0.717) is 17.1 Å². The van der Waals surface area contributed by atoms with Gasteiger partial charge in [-0.2, -0.15) is 11.8 Å². The van der Waals surface area contributed by atoms with Gasteiger partial charge in [-0.1, -0.05) is 6.92 Å². The van der Waals surface area contributed by atoms with Gasteiger partial charge in [0.2, 0.25) is 5.82 Å². The van der Waals surface area contributed by atoms with Crippen LogP contribution in [0.3, 0.4) is 0 Å². The molecule has 1 aromatic heterocycles. The molecule has 0 aromatic carbocycles. The molecule has 104 valence electrons. The van der Waals surface area contributed by atoms with Crippen LogP contribution in [0.25, 0.3) is 0 Å². The molecule has 1 saturated carbocycles. The van der Waals surface area contributed by atoms with E-state index in [4.69, 9.17) is 5.73 Å². The Hall–Kier alpha value is -1.50. The molecule has 1 heterocycles. The Labute approximate surface area is 116 Å². The highest BCUT2D eigenvalue weighted by Gasteiger charge is 2.25. The summed E-state index contributed by atoms with van der Waals surface area (Å²) < 4.78 is 0. The van der Waals surface area contributed by atoms with E-state index in [9.17, 15) is 10.1 Å². The first-order valence-electron chi connectivity index (χ1n) is 6.39. The Morgan fingerprint density at radius 3 is 3.00 bits per heavy atom. The van der Waals surface area contributed by atoms with Crippen molar-refractivity contribution in [2.24, 2.45) is 0 Å². The summed E-state index contributed by atoms with van der Waals surface area (Å²) in [4.78, 5) is 14.2. The van der Waals surface area contributed by atoms with Crippen LogP contribution in [0, 0.1) is 10.1 Å². The molecule has 0 bridgehead atoms. The van der Waals surface area contributed by atoms with Crippen molar-refractivity contribution in [2.45, 2.75) is 37.5 Å². The molecule has 0 amide bonds. The molecular formula is C12H18N4O2S. The molecule has 2 atom stereocenters. The highest BCUT2D eigenvalue weighted by Crippen LogP contribution is 2.31. The fourth-order valence-corrected chi connectivity index (χ4v) is 3.51. The van der Waals surface area contributed by atoms with Crippen LogP contribution in [-0.4, -0.2) is 27.0 Å².